The lowest BCUT2D eigenvalue weighted by Crippen LogP contribution is -2.08. The summed E-state index contributed by atoms with van der Waals surface area (Å²) in [5.74, 6) is 0.728. The zero-order chi connectivity index (χ0) is 30.0. The molecule has 0 saturated heterocycles. The van der Waals surface area contributed by atoms with Crippen LogP contribution in [0, 0.1) is 0 Å². The highest BCUT2D eigenvalue weighted by Gasteiger charge is 2.25. The van der Waals surface area contributed by atoms with Crippen LogP contribution >= 0.6 is 0 Å². The summed E-state index contributed by atoms with van der Waals surface area (Å²) in [6.07, 6.45) is 2.47. The maximum absolute atomic E-state index is 12.1. The monoisotopic (exact) mass is 584 g/mol. The molecule has 2 aromatic heterocycles. The zero-order valence-electron chi connectivity index (χ0n) is 23.4. The summed E-state index contributed by atoms with van der Waals surface area (Å²) < 4.78 is 49.6. The van der Waals surface area contributed by atoms with Crippen molar-refractivity contribution in [3.63, 3.8) is 0 Å². The maximum atomic E-state index is 12.1. The van der Waals surface area contributed by atoms with Gasteiger partial charge in [0.15, 0.2) is 0 Å². The topological polar surface area (TPSA) is 97.6 Å². The number of aryl methyl sites for hydroxylation is 1. The molecule has 0 bridgehead atoms. The predicted molar refractivity (Wildman–Crippen MR) is 156 cm³/mol. The first-order valence-electron chi connectivity index (χ1n) is 14.0. The molecule has 11 heteroatoms. The second-order valence-electron chi connectivity index (χ2n) is 10.1. The minimum absolute atomic E-state index is 0.203. The van der Waals surface area contributed by atoms with Crippen LogP contribution in [0.2, 0.25) is 0 Å². The highest BCUT2D eigenvalue weighted by molar-refractivity contribution is 5.95. The van der Waals surface area contributed by atoms with Crippen LogP contribution in [0.3, 0.4) is 0 Å². The van der Waals surface area contributed by atoms with E-state index in [9.17, 15) is 23.1 Å². The number of fused-ring (bicyclic) bond motifs is 1. The molecule has 2 aromatic carbocycles. The number of carboxylic acids is 1. The third kappa shape index (κ3) is 9.32. The number of aromatic carboxylic acids is 1. The van der Waals surface area contributed by atoms with Gasteiger partial charge in [0.2, 0.25) is 5.88 Å². The minimum atomic E-state index is -4.04. The van der Waals surface area contributed by atoms with Gasteiger partial charge in [0.1, 0.15) is 17.2 Å². The molecule has 3 N–H and O–H groups in total. The standard InChI is InChI=1S/C31H35F3N4O4/c1-38-27-20-26(13-9-22(27)19-28(38)30(39)40)42-29-16-12-24(21-35-29)37-36-23-10-14-25(15-11-23)41-18-8-6-4-2-3-5-7-17-31(32,33)34/h9-16,19-21,36-37H,2-8,17-18H2,1H3,(H,39,40). The van der Waals surface area contributed by atoms with Gasteiger partial charge in [-0.05, 0) is 61.4 Å². The van der Waals surface area contributed by atoms with Gasteiger partial charge in [-0.15, -0.1) is 0 Å². The van der Waals surface area contributed by atoms with Gasteiger partial charge in [-0.1, -0.05) is 32.1 Å². The number of hydrogen-bond acceptors (Lipinski definition) is 6. The quantitative estimate of drug-likeness (QED) is 0.0896. The molecule has 0 radical (unpaired) electrons. The smallest absolute Gasteiger partial charge is 0.389 e. The number of halogens is 3. The van der Waals surface area contributed by atoms with Gasteiger partial charge in [-0.2, -0.15) is 13.2 Å². The summed E-state index contributed by atoms with van der Waals surface area (Å²) in [4.78, 5) is 15.7. The summed E-state index contributed by atoms with van der Waals surface area (Å²) in [6, 6.07) is 18.1. The van der Waals surface area contributed by atoms with Crippen LogP contribution in [0.4, 0.5) is 24.5 Å². The van der Waals surface area contributed by atoms with Crippen molar-refractivity contribution in [2.75, 3.05) is 17.5 Å². The Morgan fingerprint density at radius 1 is 0.857 bits per heavy atom. The van der Waals surface area contributed by atoms with Crippen LogP contribution in [0.5, 0.6) is 17.4 Å². The van der Waals surface area contributed by atoms with Crippen LogP contribution in [-0.2, 0) is 7.05 Å². The molecular weight excluding hydrogens is 549 g/mol. The molecule has 0 spiro atoms. The number of alkyl halides is 3. The number of pyridine rings is 1. The SMILES string of the molecule is Cn1c(C(=O)O)cc2ccc(Oc3ccc(NNc4ccc(OCCCCCCCCCC(F)(F)F)cc4)cn3)cc21. The van der Waals surface area contributed by atoms with E-state index < -0.39 is 18.6 Å². The molecule has 0 saturated carbocycles. The van der Waals surface area contributed by atoms with Crippen LogP contribution in [-0.4, -0.2) is 33.4 Å². The number of carboxylic acid groups (broad SMARTS) is 1. The first-order chi connectivity index (χ1) is 20.2. The number of rotatable bonds is 16. The fraction of sp³-hybridized carbons (Fsp3) is 0.355. The lowest BCUT2D eigenvalue weighted by atomic mass is 10.1. The zero-order valence-corrected chi connectivity index (χ0v) is 23.4. The number of benzene rings is 2. The summed E-state index contributed by atoms with van der Waals surface area (Å²) in [6.45, 7) is 0.599. The Morgan fingerprint density at radius 3 is 2.17 bits per heavy atom. The Bertz CT molecular complexity index is 1440. The van der Waals surface area contributed by atoms with Crippen molar-refractivity contribution in [3.05, 3.63) is 72.6 Å². The third-order valence-corrected chi connectivity index (χ3v) is 6.77. The van der Waals surface area contributed by atoms with E-state index in [-0.39, 0.29) is 12.1 Å². The van der Waals surface area contributed by atoms with E-state index in [4.69, 9.17) is 9.47 Å². The van der Waals surface area contributed by atoms with Crippen molar-refractivity contribution < 1.29 is 32.5 Å². The molecule has 2 heterocycles. The van der Waals surface area contributed by atoms with Crippen LogP contribution in [0.15, 0.2) is 66.9 Å². The minimum Gasteiger partial charge on any atom is -0.494 e. The van der Waals surface area contributed by atoms with Gasteiger partial charge in [0, 0.05) is 31.0 Å². The van der Waals surface area contributed by atoms with Gasteiger partial charge in [-0.25, -0.2) is 9.78 Å². The molecule has 4 aromatic rings. The summed E-state index contributed by atoms with van der Waals surface area (Å²) in [5.41, 5.74) is 8.71. The van der Waals surface area contributed by atoms with Crippen molar-refractivity contribution in [2.45, 2.75) is 57.5 Å². The van der Waals surface area contributed by atoms with E-state index in [1.165, 1.54) is 0 Å². The van der Waals surface area contributed by atoms with Gasteiger partial charge < -0.3 is 24.6 Å². The largest absolute Gasteiger partial charge is 0.494 e. The normalized spacial score (nSPS) is 11.4. The Kier molecular flexibility index (Phi) is 10.5. The summed E-state index contributed by atoms with van der Waals surface area (Å²) >= 11 is 0. The highest BCUT2D eigenvalue weighted by atomic mass is 19.4. The third-order valence-electron chi connectivity index (χ3n) is 6.77. The van der Waals surface area contributed by atoms with Gasteiger partial charge in [0.05, 0.1) is 29.7 Å². The second-order valence-corrected chi connectivity index (χ2v) is 10.1. The van der Waals surface area contributed by atoms with Gasteiger partial charge >= 0.3 is 12.1 Å². The fourth-order valence-electron chi connectivity index (χ4n) is 4.49. The molecular formula is C31H35F3N4O4. The second kappa shape index (κ2) is 14.5. The lowest BCUT2D eigenvalue weighted by molar-refractivity contribution is -0.135. The van der Waals surface area contributed by atoms with Crippen molar-refractivity contribution >= 4 is 28.2 Å². The molecule has 4 rings (SSSR count). The molecule has 0 atom stereocenters. The van der Waals surface area contributed by atoms with Crippen molar-refractivity contribution in [1.82, 2.24) is 9.55 Å². The number of nitrogens with zero attached hydrogens (tertiary/aromatic N) is 2. The van der Waals surface area contributed by atoms with Crippen molar-refractivity contribution in [3.8, 4) is 17.4 Å². The number of carbonyl (C=O) groups is 1. The van der Waals surface area contributed by atoms with Crippen LogP contribution in [0.25, 0.3) is 10.9 Å². The number of ether oxygens (including phenoxy) is 2. The van der Waals surface area contributed by atoms with E-state index >= 15 is 0 Å². The number of hydrogen-bond donors (Lipinski definition) is 3. The number of anilines is 2. The maximum Gasteiger partial charge on any atom is 0.389 e. The van der Waals surface area contributed by atoms with Crippen LogP contribution in [0.1, 0.15) is 61.9 Å². The predicted octanol–water partition coefficient (Wildman–Crippen LogP) is 8.56. The van der Waals surface area contributed by atoms with Gasteiger partial charge in [0.25, 0.3) is 0 Å². The van der Waals surface area contributed by atoms with E-state index in [1.807, 2.05) is 36.4 Å². The average molecular weight is 585 g/mol. The average Bonchev–Trinajstić information content (AvgIpc) is 3.29. The first kappa shape index (κ1) is 30.5. The number of hydrazine groups is 1. The molecule has 0 aliphatic heterocycles. The molecule has 0 unspecified atom stereocenters. The number of nitrogens with one attached hydrogen (secondary N) is 2. The van der Waals surface area contributed by atoms with E-state index in [0.29, 0.717) is 24.7 Å². The summed E-state index contributed by atoms with van der Waals surface area (Å²) in [5, 5.41) is 10.1. The van der Waals surface area contributed by atoms with E-state index in [0.717, 1.165) is 60.1 Å². The van der Waals surface area contributed by atoms with Crippen LogP contribution < -0.4 is 20.3 Å². The molecule has 42 heavy (non-hydrogen) atoms. The number of unbranched alkanes of at least 4 members (excludes halogenated alkanes) is 6. The molecule has 0 fully saturated rings. The lowest BCUT2D eigenvalue weighted by Gasteiger charge is -2.11. The molecule has 8 nitrogen and oxygen atoms in total. The Labute approximate surface area is 242 Å². The fourth-order valence-corrected chi connectivity index (χ4v) is 4.49. The first-order valence-corrected chi connectivity index (χ1v) is 14.0. The highest BCUT2D eigenvalue weighted by Crippen LogP contribution is 2.27. The van der Waals surface area contributed by atoms with Crippen molar-refractivity contribution in [2.24, 2.45) is 7.05 Å². The Balaban J connectivity index is 1.13. The Hall–Kier alpha value is -4.41. The van der Waals surface area contributed by atoms with E-state index in [2.05, 4.69) is 15.8 Å². The van der Waals surface area contributed by atoms with Gasteiger partial charge in [-0.3, -0.25) is 5.43 Å². The molecule has 224 valence electrons. The Morgan fingerprint density at radius 2 is 1.50 bits per heavy atom. The van der Waals surface area contributed by atoms with Crippen molar-refractivity contribution in [1.29, 1.82) is 0 Å². The molecule has 0 amide bonds. The molecule has 0 aliphatic carbocycles. The molecule has 0 aliphatic rings. The number of aromatic nitrogens is 2. The summed E-state index contributed by atoms with van der Waals surface area (Å²) in [7, 11) is 1.70. The van der Waals surface area contributed by atoms with E-state index in [1.54, 1.807) is 42.1 Å².